The van der Waals surface area contributed by atoms with Crippen LogP contribution in [0.25, 0.3) is 0 Å². The van der Waals surface area contributed by atoms with E-state index in [4.69, 9.17) is 23.7 Å². The van der Waals surface area contributed by atoms with Crippen LogP contribution in [0.4, 0.5) is 0 Å². The molecule has 0 amide bonds. The molecule has 2 aromatic rings. The molecule has 144 valence electrons. The number of benzene rings is 2. The number of carbonyl (C=O) groups is 2. The summed E-state index contributed by atoms with van der Waals surface area (Å²) in [4.78, 5) is 25.3. The molecule has 0 saturated heterocycles. The van der Waals surface area contributed by atoms with Gasteiger partial charge in [-0.05, 0) is 41.3 Å². The molecule has 28 heavy (non-hydrogen) atoms. The van der Waals surface area contributed by atoms with Gasteiger partial charge in [-0.2, -0.15) is 0 Å². The molecular weight excluding hydrogens is 364 g/mol. The molecule has 2 aliphatic heterocycles. The lowest BCUT2D eigenvalue weighted by Gasteiger charge is -2.24. The number of carbonyl (C=O) groups excluding carboxylic acids is 2. The Morgan fingerprint density at radius 2 is 1.46 bits per heavy atom. The van der Waals surface area contributed by atoms with Gasteiger partial charge in [0.25, 0.3) is 0 Å². The van der Waals surface area contributed by atoms with Crippen LogP contribution in [0.15, 0.2) is 36.4 Å². The van der Waals surface area contributed by atoms with Crippen LogP contribution in [0.2, 0.25) is 0 Å². The summed E-state index contributed by atoms with van der Waals surface area (Å²) in [5.74, 6) is 0.538. The van der Waals surface area contributed by atoms with E-state index in [0.29, 0.717) is 23.0 Å². The highest BCUT2D eigenvalue weighted by molar-refractivity contribution is 6.02. The van der Waals surface area contributed by atoms with Crippen LogP contribution >= 0.6 is 0 Å². The number of rotatable bonds is 3. The number of Topliss-reactive ketones (excluding diaryl/α,β-unsaturated/α-hetero) is 1. The Morgan fingerprint density at radius 3 is 2.11 bits per heavy atom. The molecular formula is C21H18O7. The van der Waals surface area contributed by atoms with E-state index in [-0.39, 0.29) is 37.6 Å². The van der Waals surface area contributed by atoms with E-state index in [2.05, 4.69) is 0 Å². The monoisotopic (exact) mass is 382 g/mol. The molecule has 7 nitrogen and oxygen atoms in total. The predicted octanol–water partition coefficient (Wildman–Crippen LogP) is 2.77. The first kappa shape index (κ1) is 16.9. The highest BCUT2D eigenvalue weighted by atomic mass is 16.7. The van der Waals surface area contributed by atoms with Crippen molar-refractivity contribution in [3.05, 3.63) is 47.5 Å². The molecule has 7 heteroatoms. The third-order valence-corrected chi connectivity index (χ3v) is 5.62. The fourth-order valence-corrected chi connectivity index (χ4v) is 4.32. The van der Waals surface area contributed by atoms with E-state index >= 15 is 0 Å². The molecule has 1 fully saturated rings. The van der Waals surface area contributed by atoms with Gasteiger partial charge < -0.3 is 23.7 Å². The fourth-order valence-electron chi connectivity index (χ4n) is 4.32. The number of hydrogen-bond donors (Lipinski definition) is 0. The number of ether oxygens (including phenoxy) is 5. The largest absolute Gasteiger partial charge is 0.468 e. The number of fused-ring (bicyclic) bond motifs is 2. The number of hydrogen-bond acceptors (Lipinski definition) is 7. The zero-order chi connectivity index (χ0) is 19.3. The minimum absolute atomic E-state index is 0.128. The summed E-state index contributed by atoms with van der Waals surface area (Å²) in [6.45, 7) is 0.340. The first-order valence-electron chi connectivity index (χ1n) is 9.05. The summed E-state index contributed by atoms with van der Waals surface area (Å²) in [6, 6.07) is 11.2. The van der Waals surface area contributed by atoms with Crippen molar-refractivity contribution in [3.63, 3.8) is 0 Å². The van der Waals surface area contributed by atoms with Crippen molar-refractivity contribution in [2.75, 3.05) is 20.7 Å². The van der Waals surface area contributed by atoms with Crippen molar-refractivity contribution in [1.82, 2.24) is 0 Å². The van der Waals surface area contributed by atoms with E-state index in [1.807, 2.05) is 36.4 Å². The maximum Gasteiger partial charge on any atom is 0.316 e. The van der Waals surface area contributed by atoms with Crippen LogP contribution < -0.4 is 18.9 Å². The Hall–Kier alpha value is -3.22. The Balaban J connectivity index is 1.59. The maximum atomic E-state index is 12.8. The van der Waals surface area contributed by atoms with E-state index in [1.165, 1.54) is 7.11 Å². The predicted molar refractivity (Wildman–Crippen MR) is 95.7 cm³/mol. The second-order valence-electron chi connectivity index (χ2n) is 7.03. The van der Waals surface area contributed by atoms with Crippen molar-refractivity contribution < 1.29 is 33.3 Å². The molecule has 3 atom stereocenters. The van der Waals surface area contributed by atoms with Gasteiger partial charge in [-0.15, -0.1) is 0 Å². The molecule has 1 aliphatic carbocycles. The Labute approximate surface area is 161 Å². The lowest BCUT2D eigenvalue weighted by atomic mass is 9.79. The lowest BCUT2D eigenvalue weighted by molar-refractivity contribution is -0.148. The van der Waals surface area contributed by atoms with E-state index in [0.717, 1.165) is 11.1 Å². The quantitative estimate of drug-likeness (QED) is 0.596. The molecule has 0 spiro atoms. The minimum Gasteiger partial charge on any atom is -0.468 e. The molecule has 0 N–H and O–H groups in total. The fraction of sp³-hybridized carbons (Fsp3) is 0.333. The summed E-state index contributed by atoms with van der Waals surface area (Å²) >= 11 is 0. The summed E-state index contributed by atoms with van der Waals surface area (Å²) in [5, 5.41) is 0. The molecule has 2 aromatic carbocycles. The molecule has 3 aliphatic rings. The molecule has 2 heterocycles. The van der Waals surface area contributed by atoms with Crippen molar-refractivity contribution in [3.8, 4) is 23.0 Å². The third-order valence-electron chi connectivity index (χ3n) is 5.62. The van der Waals surface area contributed by atoms with Crippen molar-refractivity contribution in [1.29, 1.82) is 0 Å². The summed E-state index contributed by atoms with van der Waals surface area (Å²) in [7, 11) is 1.31. The van der Waals surface area contributed by atoms with Gasteiger partial charge in [0.05, 0.1) is 7.11 Å². The molecule has 0 bridgehead atoms. The number of methoxy groups -OCH3 is 1. The molecule has 5 rings (SSSR count). The van der Waals surface area contributed by atoms with Gasteiger partial charge in [0.1, 0.15) is 11.7 Å². The van der Waals surface area contributed by atoms with Crippen LogP contribution in [0, 0.1) is 5.92 Å². The van der Waals surface area contributed by atoms with Gasteiger partial charge in [-0.1, -0.05) is 12.1 Å². The maximum absolute atomic E-state index is 12.8. The second kappa shape index (κ2) is 6.44. The van der Waals surface area contributed by atoms with Gasteiger partial charge >= 0.3 is 5.97 Å². The first-order valence-corrected chi connectivity index (χ1v) is 9.05. The number of ketones is 1. The van der Waals surface area contributed by atoms with Crippen LogP contribution in [0.3, 0.4) is 0 Å². The van der Waals surface area contributed by atoms with Gasteiger partial charge in [0, 0.05) is 12.3 Å². The zero-order valence-corrected chi connectivity index (χ0v) is 15.2. The summed E-state index contributed by atoms with van der Waals surface area (Å²) in [6.07, 6.45) is 0.249. The van der Waals surface area contributed by atoms with Crippen LogP contribution in [-0.2, 0) is 14.3 Å². The molecule has 3 unspecified atom stereocenters. The third kappa shape index (κ3) is 2.58. The van der Waals surface area contributed by atoms with Crippen LogP contribution in [0.5, 0.6) is 23.0 Å². The average molecular weight is 382 g/mol. The Kier molecular flexibility index (Phi) is 3.89. The van der Waals surface area contributed by atoms with Crippen LogP contribution in [0.1, 0.15) is 29.4 Å². The Morgan fingerprint density at radius 1 is 0.893 bits per heavy atom. The number of esters is 1. The lowest BCUT2D eigenvalue weighted by Crippen LogP contribution is -2.26. The van der Waals surface area contributed by atoms with E-state index < -0.39 is 11.9 Å². The van der Waals surface area contributed by atoms with Gasteiger partial charge in [-0.3, -0.25) is 9.59 Å². The van der Waals surface area contributed by atoms with Crippen molar-refractivity contribution >= 4 is 11.8 Å². The van der Waals surface area contributed by atoms with Crippen molar-refractivity contribution in [2.45, 2.75) is 18.3 Å². The summed E-state index contributed by atoms with van der Waals surface area (Å²) < 4.78 is 26.7. The van der Waals surface area contributed by atoms with Gasteiger partial charge in [0.2, 0.25) is 13.6 Å². The highest BCUT2D eigenvalue weighted by Gasteiger charge is 2.49. The molecule has 1 saturated carbocycles. The highest BCUT2D eigenvalue weighted by Crippen LogP contribution is 2.51. The van der Waals surface area contributed by atoms with Crippen LogP contribution in [-0.4, -0.2) is 32.4 Å². The normalized spacial score (nSPS) is 24.5. The van der Waals surface area contributed by atoms with Gasteiger partial charge in [0.15, 0.2) is 23.0 Å². The second-order valence-corrected chi connectivity index (χ2v) is 7.03. The average Bonchev–Trinajstić information content (AvgIpc) is 3.43. The SMILES string of the molecule is COC(=O)C1C(=O)CC(c2ccc3c(c2)OCO3)C1c1ccc2c(c1)OCO2. The van der Waals surface area contributed by atoms with E-state index in [1.54, 1.807) is 0 Å². The Bertz CT molecular complexity index is 967. The van der Waals surface area contributed by atoms with Crippen molar-refractivity contribution in [2.24, 2.45) is 5.92 Å². The first-order chi connectivity index (χ1) is 13.7. The van der Waals surface area contributed by atoms with E-state index in [9.17, 15) is 9.59 Å². The van der Waals surface area contributed by atoms with Gasteiger partial charge in [-0.25, -0.2) is 0 Å². The smallest absolute Gasteiger partial charge is 0.316 e. The summed E-state index contributed by atoms with van der Waals surface area (Å²) in [5.41, 5.74) is 1.76. The topological polar surface area (TPSA) is 80.3 Å². The minimum atomic E-state index is -0.860. The standard InChI is InChI=1S/C21H18O7/c1-24-21(23)20-14(22)8-13(11-2-4-15-17(6-11)27-9-25-15)19(20)12-3-5-16-18(7-12)28-10-26-16/h2-7,13,19-20H,8-10H2,1H3. The molecule has 0 aromatic heterocycles. The zero-order valence-electron chi connectivity index (χ0n) is 15.2. The molecule has 0 radical (unpaired) electrons.